The summed E-state index contributed by atoms with van der Waals surface area (Å²) in [6, 6.07) is 0. The van der Waals surface area contributed by atoms with Gasteiger partial charge in [0.25, 0.3) is 0 Å². The summed E-state index contributed by atoms with van der Waals surface area (Å²) in [5.74, 6) is 0. The lowest BCUT2D eigenvalue weighted by molar-refractivity contribution is -0.110. The van der Waals surface area contributed by atoms with E-state index in [1.807, 2.05) is 0 Å². The van der Waals surface area contributed by atoms with E-state index in [-0.39, 0.29) is 10.7 Å². The first-order valence-electron chi connectivity index (χ1n) is 7.60. The lowest BCUT2D eigenvalue weighted by atomic mass is 10.2. The number of hydrogen-bond acceptors (Lipinski definition) is 8. The smallest absolute Gasteiger partial charge is 0.301 e. The molecule has 0 bridgehead atoms. The average molecular weight is 421 g/mol. The molecule has 0 fully saturated rings. The predicted octanol–water partition coefficient (Wildman–Crippen LogP) is -2.80. The van der Waals surface area contributed by atoms with Crippen LogP contribution in [0.15, 0.2) is 0 Å². The quantitative estimate of drug-likeness (QED) is 0.0774. The van der Waals surface area contributed by atoms with E-state index in [0.29, 0.717) is 10.3 Å². The van der Waals surface area contributed by atoms with Crippen molar-refractivity contribution in [3.8, 4) is 0 Å². The summed E-state index contributed by atoms with van der Waals surface area (Å²) >= 11 is 2.69. The van der Waals surface area contributed by atoms with Crippen LogP contribution < -0.4 is 33.8 Å². The zero-order valence-corrected chi connectivity index (χ0v) is 17.2. The van der Waals surface area contributed by atoms with Crippen LogP contribution in [0.5, 0.6) is 0 Å². The second-order valence-electron chi connectivity index (χ2n) is 4.81. The Morgan fingerprint density at radius 3 is 1.32 bits per heavy atom. The number of amidine groups is 2. The molecule has 0 spiro atoms. The largest absolute Gasteiger partial charge is 0.759 e. The summed E-state index contributed by atoms with van der Waals surface area (Å²) in [4.78, 5) is 0. The predicted molar refractivity (Wildman–Crippen MR) is 103 cm³/mol. The topological polar surface area (TPSA) is 236 Å². The summed E-state index contributed by atoms with van der Waals surface area (Å²) in [7, 11) is -5.17. The Labute approximate surface area is 158 Å². The molecule has 10 nitrogen and oxygen atoms in total. The van der Waals surface area contributed by atoms with E-state index in [9.17, 15) is 0 Å². The number of hydrogen-bond donors (Lipinski definition) is 6. The van der Waals surface area contributed by atoms with Gasteiger partial charge in [-0.15, -0.1) is 0 Å². The first-order valence-corrected chi connectivity index (χ1v) is 10.7. The molecule has 13 heteroatoms. The van der Waals surface area contributed by atoms with Crippen molar-refractivity contribution in [1.82, 2.24) is 0 Å². The minimum atomic E-state index is -5.17. The molecule has 0 saturated heterocycles. The van der Waals surface area contributed by atoms with Crippen molar-refractivity contribution >= 4 is 44.3 Å². The highest BCUT2D eigenvalue weighted by Crippen LogP contribution is 2.10. The van der Waals surface area contributed by atoms with Crippen molar-refractivity contribution in [2.24, 2.45) is 22.9 Å². The highest BCUT2D eigenvalue weighted by atomic mass is 32.3. The van der Waals surface area contributed by atoms with E-state index in [1.54, 1.807) is 0 Å². The van der Waals surface area contributed by atoms with Gasteiger partial charge in [0.1, 0.15) is 0 Å². The van der Waals surface area contributed by atoms with Crippen molar-refractivity contribution in [2.45, 2.75) is 63.1 Å². The van der Waals surface area contributed by atoms with Crippen LogP contribution >= 0.6 is 23.5 Å². The normalized spacial score (nSPS) is 12.7. The van der Waals surface area contributed by atoms with Gasteiger partial charge in [-0.1, -0.05) is 39.5 Å². The highest BCUT2D eigenvalue weighted by molar-refractivity contribution is 8.14. The Kier molecular flexibility index (Phi) is 21.3. The van der Waals surface area contributed by atoms with Gasteiger partial charge in [0.2, 0.25) is 0 Å². The van der Waals surface area contributed by atoms with Crippen LogP contribution in [-0.4, -0.2) is 38.6 Å². The fourth-order valence-electron chi connectivity index (χ4n) is 1.28. The molecule has 0 aliphatic rings. The fourth-order valence-corrected chi connectivity index (χ4v) is 2.55. The summed E-state index contributed by atoms with van der Waals surface area (Å²) in [6.07, 6.45) is 6.58. The lowest BCUT2D eigenvalue weighted by Crippen LogP contribution is -2.45. The Bertz CT molecular complexity index is 416. The van der Waals surface area contributed by atoms with Crippen LogP contribution in [0.4, 0.5) is 0 Å². The second-order valence-corrected chi connectivity index (χ2v) is 8.25. The molecule has 0 saturated carbocycles. The van der Waals surface area contributed by atoms with Gasteiger partial charge in [0, 0.05) is 10.4 Å². The standard InChI is InChI=1S/2C6H15N3S.H2O4S/c2*1-2-3-4-5(7)10-6(8)9;1-5(2,3)4/h2*5H,2-4,7H2,1H3,(H3,8,9);(H2,1,2,3,4). The maximum absolute atomic E-state index is 8.52. The van der Waals surface area contributed by atoms with E-state index in [2.05, 4.69) is 13.8 Å². The van der Waals surface area contributed by atoms with Crippen LogP contribution in [0.2, 0.25) is 0 Å². The second kappa shape index (κ2) is 18.2. The van der Waals surface area contributed by atoms with Crippen LogP contribution in [0, 0.1) is 0 Å². The molecule has 12 N–H and O–H groups in total. The molecule has 0 aromatic rings. The summed E-state index contributed by atoms with van der Waals surface area (Å²) in [6.45, 7) is 4.26. The van der Waals surface area contributed by atoms with Crippen LogP contribution in [-0.2, 0) is 10.4 Å². The number of nitrogens with two attached hydrogens (primary N) is 6. The maximum Gasteiger partial charge on any atom is 0.301 e. The molecular weight excluding hydrogens is 388 g/mol. The van der Waals surface area contributed by atoms with Crippen molar-refractivity contribution in [1.29, 1.82) is 0 Å². The van der Waals surface area contributed by atoms with Crippen molar-refractivity contribution < 1.29 is 28.3 Å². The molecule has 0 amide bonds. The molecule has 0 rings (SSSR count). The van der Waals surface area contributed by atoms with Gasteiger partial charge in [-0.05, 0) is 36.4 Å². The minimum absolute atomic E-state index is 0.0740. The molecule has 152 valence electrons. The fraction of sp³-hybridized carbons (Fsp3) is 0.833. The molecule has 0 radical (unpaired) electrons. The molecular formula is C12H32N6O4S3. The zero-order valence-electron chi connectivity index (χ0n) is 14.7. The average Bonchev–Trinajstić information content (AvgIpc) is 2.40. The van der Waals surface area contributed by atoms with Crippen LogP contribution in [0.25, 0.3) is 0 Å². The number of thioether (sulfide) groups is 2. The third-order valence-electron chi connectivity index (χ3n) is 2.26. The lowest BCUT2D eigenvalue weighted by Gasteiger charge is -2.06. The molecule has 2 unspecified atom stereocenters. The molecule has 2 atom stereocenters. The summed E-state index contributed by atoms with van der Waals surface area (Å²) < 4.78 is 34.1. The molecule has 0 aliphatic carbocycles. The zero-order chi connectivity index (χ0) is 20.5. The van der Waals surface area contributed by atoms with Crippen LogP contribution in [0.3, 0.4) is 0 Å². The minimum Gasteiger partial charge on any atom is -0.759 e. The van der Waals surface area contributed by atoms with Crippen molar-refractivity contribution in [3.05, 3.63) is 0 Å². The Balaban J connectivity index is -0.000000308. The molecule has 0 aromatic carbocycles. The van der Waals surface area contributed by atoms with E-state index in [1.165, 1.54) is 36.4 Å². The van der Waals surface area contributed by atoms with Crippen molar-refractivity contribution in [2.75, 3.05) is 0 Å². The molecule has 0 aliphatic heterocycles. The van der Waals surface area contributed by atoms with Gasteiger partial charge in [-0.25, -0.2) is 0 Å². The van der Waals surface area contributed by atoms with Crippen LogP contribution in [0.1, 0.15) is 52.4 Å². The maximum atomic E-state index is 8.52. The molecule has 25 heavy (non-hydrogen) atoms. The highest BCUT2D eigenvalue weighted by Gasteiger charge is 2.06. The molecule has 0 aromatic heterocycles. The summed E-state index contributed by atoms with van der Waals surface area (Å²) in [5.41, 5.74) is 21.8. The van der Waals surface area contributed by atoms with E-state index < -0.39 is 10.4 Å². The van der Waals surface area contributed by atoms with E-state index >= 15 is 0 Å². The van der Waals surface area contributed by atoms with Gasteiger partial charge in [0.05, 0.1) is 10.7 Å². The van der Waals surface area contributed by atoms with Gasteiger partial charge < -0.3 is 20.6 Å². The first kappa shape index (κ1) is 29.2. The van der Waals surface area contributed by atoms with Gasteiger partial charge in [0.15, 0.2) is 0 Å². The third kappa shape index (κ3) is 45.2. The van der Waals surface area contributed by atoms with Gasteiger partial charge >= 0.3 is 10.3 Å². The Morgan fingerprint density at radius 1 is 0.920 bits per heavy atom. The Hall–Kier alpha value is -0.570. The van der Waals surface area contributed by atoms with E-state index in [4.69, 9.17) is 51.3 Å². The third-order valence-corrected chi connectivity index (χ3v) is 3.88. The monoisotopic (exact) mass is 420 g/mol. The SMILES string of the molecule is CCCCC(N)SC(N)=[NH2+].CCCCC(N)SC(N)=[NH2+].O=S(=O)([O-])[O-]. The number of unbranched alkanes of at least 4 members (excludes halogenated alkanes) is 2. The number of rotatable bonds is 8. The summed E-state index contributed by atoms with van der Waals surface area (Å²) in [5, 5.41) is 11.4. The van der Waals surface area contributed by atoms with Crippen molar-refractivity contribution in [3.63, 3.8) is 0 Å². The van der Waals surface area contributed by atoms with Gasteiger partial charge in [-0.3, -0.25) is 30.7 Å². The Morgan fingerprint density at radius 2 is 1.16 bits per heavy atom. The van der Waals surface area contributed by atoms with E-state index in [0.717, 1.165) is 25.7 Å². The van der Waals surface area contributed by atoms with Gasteiger partial charge in [-0.2, -0.15) is 0 Å². The molecule has 0 heterocycles. The first-order chi connectivity index (χ1) is 11.3.